The standard InChI is InChI=1S/C10H13F3N2S/c1-9(3-4-9)8-15-7(10(11,12)13)6(16-8)5-14-2/h14H,3-5H2,1-2H3. The molecule has 1 aliphatic carbocycles. The lowest BCUT2D eigenvalue weighted by molar-refractivity contribution is -0.141. The molecule has 90 valence electrons. The summed E-state index contributed by atoms with van der Waals surface area (Å²) >= 11 is 1.19. The van der Waals surface area contributed by atoms with Crippen LogP contribution in [0.3, 0.4) is 0 Å². The van der Waals surface area contributed by atoms with E-state index in [9.17, 15) is 13.2 Å². The first-order valence-electron chi connectivity index (χ1n) is 5.09. The Labute approximate surface area is 95.9 Å². The molecule has 1 saturated carbocycles. The number of nitrogens with one attached hydrogen (secondary N) is 1. The smallest absolute Gasteiger partial charge is 0.315 e. The maximum atomic E-state index is 12.7. The van der Waals surface area contributed by atoms with Crippen LogP contribution < -0.4 is 5.32 Å². The summed E-state index contributed by atoms with van der Waals surface area (Å²) in [7, 11) is 1.64. The Balaban J connectivity index is 2.38. The third-order valence-corrected chi connectivity index (χ3v) is 4.18. The van der Waals surface area contributed by atoms with Crippen LogP contribution in [-0.4, -0.2) is 12.0 Å². The molecule has 1 N–H and O–H groups in total. The van der Waals surface area contributed by atoms with Gasteiger partial charge in [-0.2, -0.15) is 13.2 Å². The average molecular weight is 250 g/mol. The van der Waals surface area contributed by atoms with E-state index in [-0.39, 0.29) is 16.8 Å². The van der Waals surface area contributed by atoms with Crippen LogP contribution in [0.4, 0.5) is 13.2 Å². The lowest BCUT2D eigenvalue weighted by Crippen LogP contribution is -2.13. The van der Waals surface area contributed by atoms with E-state index in [0.717, 1.165) is 12.8 Å². The molecule has 0 atom stereocenters. The predicted molar refractivity (Wildman–Crippen MR) is 56.5 cm³/mol. The fourth-order valence-electron chi connectivity index (χ4n) is 1.51. The van der Waals surface area contributed by atoms with Gasteiger partial charge in [0.1, 0.15) is 0 Å². The molecule has 6 heteroatoms. The highest BCUT2D eigenvalue weighted by Crippen LogP contribution is 2.50. The van der Waals surface area contributed by atoms with Crippen molar-refractivity contribution in [3.8, 4) is 0 Å². The largest absolute Gasteiger partial charge is 0.434 e. The molecule has 0 aliphatic heterocycles. The summed E-state index contributed by atoms with van der Waals surface area (Å²) in [6, 6.07) is 0. The van der Waals surface area contributed by atoms with E-state index in [1.165, 1.54) is 11.3 Å². The maximum absolute atomic E-state index is 12.7. The molecule has 2 rings (SSSR count). The molecule has 0 radical (unpaired) electrons. The molecule has 0 amide bonds. The number of halogens is 3. The van der Waals surface area contributed by atoms with E-state index < -0.39 is 11.9 Å². The first-order valence-corrected chi connectivity index (χ1v) is 5.90. The van der Waals surface area contributed by atoms with Gasteiger partial charge in [0, 0.05) is 12.0 Å². The van der Waals surface area contributed by atoms with Crippen molar-refractivity contribution in [2.45, 2.75) is 37.9 Å². The van der Waals surface area contributed by atoms with Gasteiger partial charge >= 0.3 is 6.18 Å². The lowest BCUT2D eigenvalue weighted by atomic mass is 10.2. The van der Waals surface area contributed by atoms with Crippen LogP contribution in [0.1, 0.15) is 35.3 Å². The zero-order valence-electron chi connectivity index (χ0n) is 9.11. The van der Waals surface area contributed by atoms with Crippen LogP contribution in [0.5, 0.6) is 0 Å². The van der Waals surface area contributed by atoms with Crippen molar-refractivity contribution in [2.75, 3.05) is 7.05 Å². The summed E-state index contributed by atoms with van der Waals surface area (Å²) in [4.78, 5) is 4.08. The SMILES string of the molecule is CNCc1sc(C2(C)CC2)nc1C(F)(F)F. The molecule has 0 unspecified atom stereocenters. The van der Waals surface area contributed by atoms with Gasteiger partial charge in [-0.3, -0.25) is 0 Å². The summed E-state index contributed by atoms with van der Waals surface area (Å²) in [5.41, 5.74) is -0.814. The van der Waals surface area contributed by atoms with Gasteiger partial charge in [-0.25, -0.2) is 4.98 Å². The topological polar surface area (TPSA) is 24.9 Å². The third-order valence-electron chi connectivity index (χ3n) is 2.82. The molecular formula is C10H13F3N2S. The van der Waals surface area contributed by atoms with E-state index in [2.05, 4.69) is 10.3 Å². The van der Waals surface area contributed by atoms with Gasteiger partial charge in [-0.1, -0.05) is 6.92 Å². The summed E-state index contributed by atoms with van der Waals surface area (Å²) in [6.07, 6.45) is -2.46. The van der Waals surface area contributed by atoms with Crippen LogP contribution in [-0.2, 0) is 18.1 Å². The predicted octanol–water partition coefficient (Wildman–Crippen LogP) is 2.93. The van der Waals surface area contributed by atoms with Crippen LogP contribution >= 0.6 is 11.3 Å². The van der Waals surface area contributed by atoms with E-state index in [0.29, 0.717) is 5.01 Å². The van der Waals surface area contributed by atoms with Crippen molar-refractivity contribution in [3.05, 3.63) is 15.6 Å². The molecule has 1 aliphatic rings. The molecule has 1 fully saturated rings. The Morgan fingerprint density at radius 3 is 2.50 bits per heavy atom. The van der Waals surface area contributed by atoms with Gasteiger partial charge in [0.15, 0.2) is 5.69 Å². The molecule has 0 saturated heterocycles. The quantitative estimate of drug-likeness (QED) is 0.892. The fraction of sp³-hybridized carbons (Fsp3) is 0.700. The number of nitrogens with zero attached hydrogens (tertiary/aromatic N) is 1. The molecule has 16 heavy (non-hydrogen) atoms. The van der Waals surface area contributed by atoms with Crippen molar-refractivity contribution in [3.63, 3.8) is 0 Å². The zero-order valence-corrected chi connectivity index (χ0v) is 9.93. The number of aromatic nitrogens is 1. The Hall–Kier alpha value is -0.620. The molecule has 1 aromatic rings. The van der Waals surface area contributed by atoms with Crippen molar-refractivity contribution in [2.24, 2.45) is 0 Å². The summed E-state index contributed by atoms with van der Waals surface area (Å²) in [6.45, 7) is 2.19. The highest BCUT2D eigenvalue weighted by atomic mass is 32.1. The lowest BCUT2D eigenvalue weighted by Gasteiger charge is -2.05. The molecular weight excluding hydrogens is 237 g/mol. The molecule has 1 aromatic heterocycles. The molecule has 2 nitrogen and oxygen atoms in total. The van der Waals surface area contributed by atoms with E-state index in [4.69, 9.17) is 0 Å². The number of alkyl halides is 3. The van der Waals surface area contributed by atoms with E-state index in [1.807, 2.05) is 6.92 Å². The first kappa shape index (κ1) is 11.9. The van der Waals surface area contributed by atoms with Gasteiger partial charge in [0.2, 0.25) is 0 Å². The zero-order chi connectivity index (χ0) is 12.0. The second-order valence-corrected chi connectivity index (χ2v) is 5.46. The second-order valence-electron chi connectivity index (χ2n) is 4.38. The molecule has 0 spiro atoms. The van der Waals surface area contributed by atoms with Crippen LogP contribution in [0.25, 0.3) is 0 Å². The fourth-order valence-corrected chi connectivity index (χ4v) is 2.81. The van der Waals surface area contributed by atoms with Gasteiger partial charge in [0.25, 0.3) is 0 Å². The number of hydrogen-bond donors (Lipinski definition) is 1. The molecule has 0 aromatic carbocycles. The Morgan fingerprint density at radius 1 is 1.44 bits per heavy atom. The molecule has 0 bridgehead atoms. The minimum absolute atomic E-state index is 0.101. The molecule has 1 heterocycles. The number of thiazole rings is 1. The van der Waals surface area contributed by atoms with Gasteiger partial charge in [-0.15, -0.1) is 11.3 Å². The van der Waals surface area contributed by atoms with E-state index in [1.54, 1.807) is 7.05 Å². The van der Waals surface area contributed by atoms with Crippen LogP contribution in [0.2, 0.25) is 0 Å². The Morgan fingerprint density at radius 2 is 2.06 bits per heavy atom. The number of rotatable bonds is 3. The highest BCUT2D eigenvalue weighted by molar-refractivity contribution is 7.12. The summed E-state index contributed by atoms with van der Waals surface area (Å²) < 4.78 is 38.1. The van der Waals surface area contributed by atoms with Gasteiger partial charge in [0.05, 0.1) is 9.88 Å². The van der Waals surface area contributed by atoms with Gasteiger partial charge < -0.3 is 5.32 Å². The maximum Gasteiger partial charge on any atom is 0.434 e. The summed E-state index contributed by atoms with van der Waals surface area (Å²) in [5, 5.41) is 3.38. The highest BCUT2D eigenvalue weighted by Gasteiger charge is 2.45. The minimum Gasteiger partial charge on any atom is -0.315 e. The third kappa shape index (κ3) is 2.08. The van der Waals surface area contributed by atoms with Crippen LogP contribution in [0, 0.1) is 0 Å². The van der Waals surface area contributed by atoms with E-state index >= 15 is 0 Å². The Kier molecular flexibility index (Phi) is 2.74. The van der Waals surface area contributed by atoms with Crippen molar-refractivity contribution in [1.29, 1.82) is 0 Å². The van der Waals surface area contributed by atoms with Crippen LogP contribution in [0.15, 0.2) is 0 Å². The second kappa shape index (κ2) is 3.70. The minimum atomic E-state index is -4.34. The monoisotopic (exact) mass is 250 g/mol. The summed E-state index contributed by atoms with van der Waals surface area (Å²) in [5.74, 6) is 0. The Bertz CT molecular complexity index is 393. The van der Waals surface area contributed by atoms with Crippen molar-refractivity contribution >= 4 is 11.3 Å². The van der Waals surface area contributed by atoms with Gasteiger partial charge in [-0.05, 0) is 19.9 Å². The normalized spacial score (nSPS) is 18.8. The van der Waals surface area contributed by atoms with Crippen molar-refractivity contribution < 1.29 is 13.2 Å². The first-order chi connectivity index (χ1) is 7.37. The van der Waals surface area contributed by atoms with Crippen molar-refractivity contribution in [1.82, 2.24) is 10.3 Å². The average Bonchev–Trinajstić information content (AvgIpc) is 2.76. The number of hydrogen-bond acceptors (Lipinski definition) is 3.